The number of benzene rings is 2. The van der Waals surface area contributed by atoms with Gasteiger partial charge >= 0.3 is 5.97 Å². The largest absolute Gasteiger partial charge is 0.490 e. The summed E-state index contributed by atoms with van der Waals surface area (Å²) in [5, 5.41) is 0. The molecular formula is C23H24N2O5. The predicted octanol–water partition coefficient (Wildman–Crippen LogP) is 3.00. The molecule has 2 aromatic carbocycles. The third kappa shape index (κ3) is 3.10. The van der Waals surface area contributed by atoms with Gasteiger partial charge in [0.25, 0.3) is 5.91 Å². The Labute approximate surface area is 175 Å². The van der Waals surface area contributed by atoms with Gasteiger partial charge in [0.15, 0.2) is 0 Å². The molecule has 0 bridgehead atoms. The molecule has 1 fully saturated rings. The van der Waals surface area contributed by atoms with E-state index in [0.717, 1.165) is 0 Å². The molecule has 156 valence electrons. The fraction of sp³-hybridized carbons (Fsp3) is 0.348. The number of hydrogen-bond acceptors (Lipinski definition) is 5. The van der Waals surface area contributed by atoms with E-state index in [-0.39, 0.29) is 43.9 Å². The molecule has 0 saturated carbocycles. The summed E-state index contributed by atoms with van der Waals surface area (Å²) in [6.07, 6.45) is 0.364. The second-order valence-corrected chi connectivity index (χ2v) is 7.63. The summed E-state index contributed by atoms with van der Waals surface area (Å²) < 4.78 is 11.1. The molecule has 4 rings (SSSR count). The van der Waals surface area contributed by atoms with Crippen LogP contribution in [0.4, 0.5) is 5.69 Å². The maximum Gasteiger partial charge on any atom is 0.353 e. The number of para-hydroxylation sites is 2. The van der Waals surface area contributed by atoms with Gasteiger partial charge in [-0.3, -0.25) is 14.5 Å². The summed E-state index contributed by atoms with van der Waals surface area (Å²) in [4.78, 5) is 42.4. The van der Waals surface area contributed by atoms with E-state index < -0.39 is 11.6 Å². The van der Waals surface area contributed by atoms with Crippen LogP contribution in [0.3, 0.4) is 0 Å². The molecule has 0 aliphatic carbocycles. The monoisotopic (exact) mass is 408 g/mol. The molecule has 2 aliphatic heterocycles. The Morgan fingerprint density at radius 3 is 2.47 bits per heavy atom. The molecule has 0 spiro atoms. The fourth-order valence-corrected chi connectivity index (χ4v) is 4.30. The second kappa shape index (κ2) is 7.82. The summed E-state index contributed by atoms with van der Waals surface area (Å²) in [5.41, 5.74) is -0.597. The zero-order valence-electron chi connectivity index (χ0n) is 17.0. The molecule has 1 atom stereocenters. The van der Waals surface area contributed by atoms with Gasteiger partial charge in [0.1, 0.15) is 19.0 Å². The van der Waals surface area contributed by atoms with Gasteiger partial charge in [0.2, 0.25) is 11.6 Å². The van der Waals surface area contributed by atoms with E-state index in [9.17, 15) is 14.4 Å². The summed E-state index contributed by atoms with van der Waals surface area (Å²) in [7, 11) is 0. The molecule has 0 radical (unpaired) electrons. The minimum absolute atomic E-state index is 0.0132. The van der Waals surface area contributed by atoms with Crippen molar-refractivity contribution in [1.29, 1.82) is 0 Å². The number of amides is 2. The van der Waals surface area contributed by atoms with Crippen LogP contribution in [0.5, 0.6) is 5.75 Å². The maximum absolute atomic E-state index is 13.4. The molecule has 7 heteroatoms. The Morgan fingerprint density at radius 1 is 1.03 bits per heavy atom. The number of hydrogen-bond donors (Lipinski definition) is 0. The lowest BCUT2D eigenvalue weighted by atomic mass is 9.95. The zero-order chi connectivity index (χ0) is 21.3. The van der Waals surface area contributed by atoms with Gasteiger partial charge in [0.05, 0.1) is 11.3 Å². The van der Waals surface area contributed by atoms with Crippen LogP contribution in [0, 0.1) is 0 Å². The number of esters is 1. The Hall–Kier alpha value is -3.35. The van der Waals surface area contributed by atoms with E-state index in [1.165, 1.54) is 9.80 Å². The van der Waals surface area contributed by atoms with E-state index in [4.69, 9.17) is 9.47 Å². The SMILES string of the molecule is CC(C)N1C(=O)c2ccccc2N2C(=O)CCC21C(=O)OCCOc1ccccc1. The number of ether oxygens (including phenoxy) is 2. The Kier molecular flexibility index (Phi) is 5.20. The smallest absolute Gasteiger partial charge is 0.353 e. The number of fused-ring (bicyclic) bond motifs is 3. The molecule has 2 heterocycles. The molecule has 2 aliphatic rings. The van der Waals surface area contributed by atoms with Crippen molar-refractivity contribution in [3.63, 3.8) is 0 Å². The van der Waals surface area contributed by atoms with Crippen LogP contribution in [0.1, 0.15) is 37.0 Å². The highest BCUT2D eigenvalue weighted by atomic mass is 16.6. The number of anilines is 1. The summed E-state index contributed by atoms with van der Waals surface area (Å²) in [5.74, 6) is -0.404. The summed E-state index contributed by atoms with van der Waals surface area (Å²) >= 11 is 0. The average Bonchev–Trinajstić information content (AvgIpc) is 3.10. The molecule has 7 nitrogen and oxygen atoms in total. The number of carbonyl (C=O) groups excluding carboxylic acids is 3. The molecule has 0 aromatic heterocycles. The lowest BCUT2D eigenvalue weighted by Gasteiger charge is -2.50. The van der Waals surface area contributed by atoms with Gasteiger partial charge in [-0.05, 0) is 38.1 Å². The van der Waals surface area contributed by atoms with E-state index >= 15 is 0 Å². The van der Waals surface area contributed by atoms with E-state index in [0.29, 0.717) is 17.0 Å². The number of nitrogens with zero attached hydrogens (tertiary/aromatic N) is 2. The van der Waals surface area contributed by atoms with Crippen molar-refractivity contribution in [2.45, 2.75) is 38.4 Å². The van der Waals surface area contributed by atoms with Gasteiger partial charge in [-0.1, -0.05) is 30.3 Å². The van der Waals surface area contributed by atoms with Gasteiger partial charge in [-0.15, -0.1) is 0 Å². The van der Waals surface area contributed by atoms with Crippen molar-refractivity contribution in [2.24, 2.45) is 0 Å². The predicted molar refractivity (Wildman–Crippen MR) is 110 cm³/mol. The first-order valence-corrected chi connectivity index (χ1v) is 10.1. The first-order chi connectivity index (χ1) is 14.5. The minimum Gasteiger partial charge on any atom is -0.490 e. The van der Waals surface area contributed by atoms with Crippen molar-refractivity contribution < 1.29 is 23.9 Å². The molecule has 1 saturated heterocycles. The summed E-state index contributed by atoms with van der Waals surface area (Å²) in [6, 6.07) is 15.8. The number of carbonyl (C=O) groups is 3. The van der Waals surface area contributed by atoms with Crippen molar-refractivity contribution in [2.75, 3.05) is 18.1 Å². The van der Waals surface area contributed by atoms with E-state index in [1.54, 1.807) is 24.3 Å². The quantitative estimate of drug-likeness (QED) is 0.543. The van der Waals surface area contributed by atoms with Crippen molar-refractivity contribution in [3.8, 4) is 5.75 Å². The van der Waals surface area contributed by atoms with Crippen molar-refractivity contribution in [3.05, 3.63) is 60.2 Å². The molecule has 2 aromatic rings. The molecular weight excluding hydrogens is 384 g/mol. The van der Waals surface area contributed by atoms with Crippen LogP contribution >= 0.6 is 0 Å². The lowest BCUT2D eigenvalue weighted by molar-refractivity contribution is -0.159. The van der Waals surface area contributed by atoms with Crippen LogP contribution in [0.25, 0.3) is 0 Å². The average molecular weight is 408 g/mol. The third-order valence-corrected chi connectivity index (χ3v) is 5.47. The van der Waals surface area contributed by atoms with E-state index in [1.807, 2.05) is 44.2 Å². The van der Waals surface area contributed by atoms with Gasteiger partial charge in [-0.25, -0.2) is 4.79 Å². The fourth-order valence-electron chi connectivity index (χ4n) is 4.30. The van der Waals surface area contributed by atoms with Crippen LogP contribution < -0.4 is 9.64 Å². The number of rotatable bonds is 6. The standard InChI is InChI=1S/C23H24N2O5/c1-16(2)24-21(27)18-10-6-7-11-19(18)25-20(26)12-13-23(24,25)22(28)30-15-14-29-17-8-4-3-5-9-17/h3-11,16H,12-15H2,1-2H3. The highest BCUT2D eigenvalue weighted by Crippen LogP contribution is 2.45. The third-order valence-electron chi connectivity index (χ3n) is 5.47. The van der Waals surface area contributed by atoms with E-state index in [2.05, 4.69) is 0 Å². The van der Waals surface area contributed by atoms with Crippen LogP contribution in [0.15, 0.2) is 54.6 Å². The minimum atomic E-state index is -1.47. The molecule has 1 unspecified atom stereocenters. The van der Waals surface area contributed by atoms with Gasteiger partial charge in [-0.2, -0.15) is 0 Å². The van der Waals surface area contributed by atoms with Crippen molar-refractivity contribution >= 4 is 23.5 Å². The Balaban J connectivity index is 1.61. The Bertz CT molecular complexity index is 975. The Morgan fingerprint density at radius 2 is 1.73 bits per heavy atom. The zero-order valence-corrected chi connectivity index (χ0v) is 17.0. The van der Waals surface area contributed by atoms with Crippen molar-refractivity contribution in [1.82, 2.24) is 4.90 Å². The summed E-state index contributed by atoms with van der Waals surface area (Å²) in [6.45, 7) is 3.85. The van der Waals surface area contributed by atoms with Crippen LogP contribution in [0.2, 0.25) is 0 Å². The normalized spacial score (nSPS) is 20.2. The van der Waals surface area contributed by atoms with Gasteiger partial charge < -0.3 is 14.4 Å². The first-order valence-electron chi connectivity index (χ1n) is 10.1. The first kappa shape index (κ1) is 19.9. The van der Waals surface area contributed by atoms with Crippen LogP contribution in [-0.4, -0.2) is 47.6 Å². The maximum atomic E-state index is 13.4. The topological polar surface area (TPSA) is 76.2 Å². The second-order valence-electron chi connectivity index (χ2n) is 7.63. The molecule has 2 amide bonds. The van der Waals surface area contributed by atoms with Gasteiger partial charge in [0, 0.05) is 18.9 Å². The van der Waals surface area contributed by atoms with Crippen LogP contribution in [-0.2, 0) is 14.3 Å². The molecule has 30 heavy (non-hydrogen) atoms. The molecule has 0 N–H and O–H groups in total. The lowest BCUT2D eigenvalue weighted by Crippen LogP contribution is -2.70. The highest BCUT2D eigenvalue weighted by Gasteiger charge is 2.62. The highest BCUT2D eigenvalue weighted by molar-refractivity contribution is 6.15.